The zero-order valence-electron chi connectivity index (χ0n) is 19.0. The molecule has 30 heavy (non-hydrogen) atoms. The second-order valence-corrected chi connectivity index (χ2v) is 8.94. The molecule has 1 saturated carbocycles. The predicted molar refractivity (Wildman–Crippen MR) is 132 cm³/mol. The van der Waals surface area contributed by atoms with Crippen LogP contribution in [0.1, 0.15) is 58.1 Å². The van der Waals surface area contributed by atoms with E-state index in [4.69, 9.17) is 9.73 Å². The Kier molecular flexibility index (Phi) is 8.56. The van der Waals surface area contributed by atoms with Gasteiger partial charge >= 0.3 is 0 Å². The highest BCUT2D eigenvalue weighted by molar-refractivity contribution is 14.0. The molecule has 2 unspecified atom stereocenters. The summed E-state index contributed by atoms with van der Waals surface area (Å²) in [5.41, 5.74) is 2.45. The first-order valence-corrected chi connectivity index (χ1v) is 10.8. The topological polar surface area (TPSA) is 66.0 Å². The van der Waals surface area contributed by atoms with E-state index in [2.05, 4.69) is 50.5 Å². The van der Waals surface area contributed by atoms with Crippen LogP contribution in [0.25, 0.3) is 0 Å². The summed E-state index contributed by atoms with van der Waals surface area (Å²) in [6, 6.07) is 8.61. The van der Waals surface area contributed by atoms with Gasteiger partial charge in [0.25, 0.3) is 0 Å². The quantitative estimate of drug-likeness (QED) is 0.245. The maximum Gasteiger partial charge on any atom is 0.223 e. The Balaban J connectivity index is 0.00000320. The molecule has 0 aromatic heterocycles. The lowest BCUT2D eigenvalue weighted by Crippen LogP contribution is -2.69. The average molecular weight is 528 g/mol. The van der Waals surface area contributed by atoms with Crippen LogP contribution in [0.2, 0.25) is 0 Å². The summed E-state index contributed by atoms with van der Waals surface area (Å²) in [7, 11) is 1.78. The Hall–Kier alpha value is -1.35. The fourth-order valence-electron chi connectivity index (χ4n) is 4.30. The van der Waals surface area contributed by atoms with E-state index >= 15 is 0 Å². The van der Waals surface area contributed by atoms with Crippen LogP contribution in [0, 0.1) is 5.41 Å². The van der Waals surface area contributed by atoms with Gasteiger partial charge in [-0.25, -0.2) is 0 Å². The third kappa shape index (κ3) is 5.10. The van der Waals surface area contributed by atoms with Gasteiger partial charge in [-0.15, -0.1) is 24.0 Å². The van der Waals surface area contributed by atoms with Gasteiger partial charge in [-0.05, 0) is 37.8 Å². The van der Waals surface area contributed by atoms with Crippen molar-refractivity contribution in [2.45, 2.75) is 71.7 Å². The summed E-state index contributed by atoms with van der Waals surface area (Å²) >= 11 is 0. The number of nitrogens with one attached hydrogen (secondary N) is 2. The second kappa shape index (κ2) is 10.3. The molecule has 1 fully saturated rings. The molecule has 1 heterocycles. The summed E-state index contributed by atoms with van der Waals surface area (Å²) < 4.78 is 5.72. The number of carbonyl (C=O) groups is 1. The van der Waals surface area contributed by atoms with Crippen molar-refractivity contribution in [1.29, 1.82) is 0 Å². The molecule has 1 amide bonds. The van der Waals surface area contributed by atoms with Crippen LogP contribution in [0.5, 0.6) is 0 Å². The molecule has 6 nitrogen and oxygen atoms in total. The molecule has 1 aromatic carbocycles. The van der Waals surface area contributed by atoms with Gasteiger partial charge in [0.2, 0.25) is 5.91 Å². The van der Waals surface area contributed by atoms with Crippen molar-refractivity contribution in [3.05, 3.63) is 35.4 Å². The molecule has 1 aliphatic carbocycles. The van der Waals surface area contributed by atoms with E-state index in [0.29, 0.717) is 19.0 Å². The summed E-state index contributed by atoms with van der Waals surface area (Å²) in [5.74, 6) is 1.04. The zero-order valence-corrected chi connectivity index (χ0v) is 21.3. The van der Waals surface area contributed by atoms with Gasteiger partial charge in [-0.2, -0.15) is 0 Å². The fraction of sp³-hybridized carbons (Fsp3) is 0.652. The molecular formula is C23H37IN4O2. The molecule has 7 heteroatoms. The number of ether oxygens (including phenoxy) is 1. The van der Waals surface area contributed by atoms with E-state index in [1.54, 1.807) is 7.11 Å². The minimum absolute atomic E-state index is 0. The number of fused-ring (bicyclic) bond motifs is 1. The van der Waals surface area contributed by atoms with Crippen LogP contribution in [0.3, 0.4) is 0 Å². The van der Waals surface area contributed by atoms with E-state index < -0.39 is 0 Å². The van der Waals surface area contributed by atoms with Crippen LogP contribution in [0.15, 0.2) is 29.3 Å². The maximum absolute atomic E-state index is 12.5. The summed E-state index contributed by atoms with van der Waals surface area (Å²) in [6.45, 7) is 11.6. The SMILES string of the molecule is CCNC(=NCCCC(=O)N1Cc2ccccc2C1)NC1CC(C)(OC)C1(C)C.I. The molecule has 0 saturated heterocycles. The Morgan fingerprint density at radius 1 is 1.23 bits per heavy atom. The molecule has 2 N–H and O–H groups in total. The smallest absolute Gasteiger partial charge is 0.223 e. The number of benzene rings is 1. The minimum atomic E-state index is -0.109. The van der Waals surface area contributed by atoms with Crippen LogP contribution in [-0.4, -0.2) is 48.6 Å². The molecule has 3 rings (SSSR count). The second-order valence-electron chi connectivity index (χ2n) is 8.94. The van der Waals surface area contributed by atoms with Gasteiger partial charge in [-0.1, -0.05) is 38.1 Å². The van der Waals surface area contributed by atoms with Crippen molar-refractivity contribution in [2.75, 3.05) is 20.2 Å². The normalized spacial score (nSPS) is 24.5. The Labute approximate surface area is 198 Å². The number of carbonyl (C=O) groups excluding carboxylic acids is 1. The summed E-state index contributed by atoms with van der Waals surface area (Å²) in [5, 5.41) is 6.88. The van der Waals surface area contributed by atoms with Gasteiger partial charge in [-0.3, -0.25) is 9.79 Å². The van der Waals surface area contributed by atoms with Crippen molar-refractivity contribution in [2.24, 2.45) is 10.4 Å². The van der Waals surface area contributed by atoms with Gasteiger partial charge < -0.3 is 20.3 Å². The lowest BCUT2D eigenvalue weighted by atomic mass is 9.56. The van der Waals surface area contributed by atoms with Crippen LogP contribution in [-0.2, 0) is 22.6 Å². The van der Waals surface area contributed by atoms with E-state index in [9.17, 15) is 4.79 Å². The number of rotatable bonds is 7. The van der Waals surface area contributed by atoms with Crippen molar-refractivity contribution in [1.82, 2.24) is 15.5 Å². The molecular weight excluding hydrogens is 491 g/mol. The first kappa shape index (κ1) is 24.9. The molecule has 0 spiro atoms. The standard InChI is InChI=1S/C23H36N4O2.HI/c1-6-24-21(26-19-14-23(4,29-5)22(19,2)3)25-13-9-12-20(28)27-15-17-10-7-8-11-18(17)16-27;/h7-8,10-11,19H,6,9,12-16H2,1-5H3,(H2,24,25,26);1H. The molecule has 0 radical (unpaired) electrons. The molecule has 0 bridgehead atoms. The highest BCUT2D eigenvalue weighted by Crippen LogP contribution is 2.51. The van der Waals surface area contributed by atoms with Crippen molar-refractivity contribution >= 4 is 35.8 Å². The van der Waals surface area contributed by atoms with Crippen molar-refractivity contribution in [3.63, 3.8) is 0 Å². The lowest BCUT2D eigenvalue weighted by Gasteiger charge is -2.59. The van der Waals surface area contributed by atoms with Gasteiger partial charge in [0.1, 0.15) is 0 Å². The monoisotopic (exact) mass is 528 g/mol. The number of aliphatic imine (C=N–C) groups is 1. The molecule has 168 valence electrons. The predicted octanol–water partition coefficient (Wildman–Crippen LogP) is 3.69. The maximum atomic E-state index is 12.5. The van der Waals surface area contributed by atoms with Crippen molar-refractivity contribution < 1.29 is 9.53 Å². The number of hydrogen-bond acceptors (Lipinski definition) is 3. The van der Waals surface area contributed by atoms with Crippen LogP contribution < -0.4 is 10.6 Å². The highest BCUT2D eigenvalue weighted by Gasteiger charge is 2.58. The van der Waals surface area contributed by atoms with Gasteiger partial charge in [0.15, 0.2) is 5.96 Å². The van der Waals surface area contributed by atoms with Gasteiger partial charge in [0.05, 0.1) is 5.60 Å². The first-order valence-electron chi connectivity index (χ1n) is 10.8. The molecule has 1 aromatic rings. The largest absolute Gasteiger partial charge is 0.378 e. The number of guanidine groups is 1. The van der Waals surface area contributed by atoms with E-state index in [1.807, 2.05) is 17.0 Å². The number of hydrogen-bond donors (Lipinski definition) is 2. The number of methoxy groups -OCH3 is 1. The number of nitrogens with zero attached hydrogens (tertiary/aromatic N) is 2. The third-order valence-electron chi connectivity index (χ3n) is 6.95. The van der Waals surface area contributed by atoms with Gasteiger partial charge in [0, 0.05) is 51.2 Å². The van der Waals surface area contributed by atoms with Crippen LogP contribution >= 0.6 is 24.0 Å². The number of halogens is 1. The number of amides is 1. The van der Waals surface area contributed by atoms with Crippen LogP contribution in [0.4, 0.5) is 0 Å². The summed E-state index contributed by atoms with van der Waals surface area (Å²) in [6.07, 6.45) is 2.24. The van der Waals surface area contributed by atoms with E-state index in [-0.39, 0.29) is 40.9 Å². The Morgan fingerprint density at radius 2 is 1.87 bits per heavy atom. The Bertz CT molecular complexity index is 742. The van der Waals surface area contributed by atoms with E-state index in [0.717, 1.165) is 38.4 Å². The minimum Gasteiger partial charge on any atom is -0.378 e. The average Bonchev–Trinajstić information content (AvgIpc) is 3.14. The molecule has 2 atom stereocenters. The molecule has 1 aliphatic heterocycles. The lowest BCUT2D eigenvalue weighted by molar-refractivity contribution is -0.176. The third-order valence-corrected chi connectivity index (χ3v) is 6.95. The first-order chi connectivity index (χ1) is 13.8. The summed E-state index contributed by atoms with van der Waals surface area (Å²) in [4.78, 5) is 19.2. The highest BCUT2D eigenvalue weighted by atomic mass is 127. The zero-order chi connectivity index (χ0) is 21.1. The fourth-order valence-corrected chi connectivity index (χ4v) is 4.30. The molecule has 2 aliphatic rings. The van der Waals surface area contributed by atoms with E-state index in [1.165, 1.54) is 11.1 Å². The van der Waals surface area contributed by atoms with Crippen molar-refractivity contribution in [3.8, 4) is 0 Å². The Morgan fingerprint density at radius 3 is 2.40 bits per heavy atom.